The maximum absolute atomic E-state index is 11.7. The summed E-state index contributed by atoms with van der Waals surface area (Å²) >= 11 is 6.14. The molecule has 2 rings (SSSR count). The highest BCUT2D eigenvalue weighted by atomic mass is 35.5. The van der Waals surface area contributed by atoms with Crippen LogP contribution >= 0.6 is 11.6 Å². The zero-order chi connectivity index (χ0) is 15.5. The number of hydrogen-bond acceptors (Lipinski definition) is 4. The minimum Gasteiger partial charge on any atom is -0.460 e. The Morgan fingerprint density at radius 2 is 2.10 bits per heavy atom. The van der Waals surface area contributed by atoms with Crippen molar-refractivity contribution in [3.63, 3.8) is 0 Å². The van der Waals surface area contributed by atoms with Crippen LogP contribution in [-0.4, -0.2) is 23.1 Å². The molecule has 0 aliphatic heterocycles. The molecule has 5 heteroatoms. The first kappa shape index (κ1) is 15.6. The quantitative estimate of drug-likeness (QED) is 0.866. The van der Waals surface area contributed by atoms with Gasteiger partial charge in [0.25, 0.3) is 0 Å². The maximum Gasteiger partial charge on any atom is 0.308 e. The molecule has 0 spiro atoms. The highest BCUT2D eigenvalue weighted by Gasteiger charge is 2.15. The average molecular weight is 307 g/mol. The van der Waals surface area contributed by atoms with Crippen LogP contribution < -0.4 is 5.32 Å². The fourth-order valence-electron chi connectivity index (χ4n) is 1.97. The van der Waals surface area contributed by atoms with Gasteiger partial charge in [0.1, 0.15) is 5.60 Å². The van der Waals surface area contributed by atoms with Gasteiger partial charge in [-0.3, -0.25) is 9.78 Å². The number of aromatic nitrogens is 1. The first-order valence-corrected chi connectivity index (χ1v) is 7.23. The van der Waals surface area contributed by atoms with Gasteiger partial charge in [-0.2, -0.15) is 0 Å². The van der Waals surface area contributed by atoms with Crippen LogP contribution in [0.5, 0.6) is 0 Å². The molecule has 0 unspecified atom stereocenters. The van der Waals surface area contributed by atoms with E-state index in [4.69, 9.17) is 16.3 Å². The number of esters is 1. The van der Waals surface area contributed by atoms with Gasteiger partial charge in [-0.1, -0.05) is 11.6 Å². The molecule has 1 aromatic heterocycles. The van der Waals surface area contributed by atoms with Crippen LogP contribution in [0.3, 0.4) is 0 Å². The van der Waals surface area contributed by atoms with Crippen molar-refractivity contribution in [1.29, 1.82) is 0 Å². The van der Waals surface area contributed by atoms with E-state index < -0.39 is 5.60 Å². The van der Waals surface area contributed by atoms with E-state index in [1.165, 1.54) is 0 Å². The Kier molecular flexibility index (Phi) is 4.68. The molecular weight excluding hydrogens is 288 g/mol. The zero-order valence-electron chi connectivity index (χ0n) is 12.4. The van der Waals surface area contributed by atoms with Gasteiger partial charge < -0.3 is 10.1 Å². The number of carbonyl (C=O) groups is 1. The number of ether oxygens (including phenoxy) is 1. The Labute approximate surface area is 129 Å². The van der Waals surface area contributed by atoms with Crippen LogP contribution in [0.1, 0.15) is 27.2 Å². The monoisotopic (exact) mass is 306 g/mol. The van der Waals surface area contributed by atoms with Crippen molar-refractivity contribution >= 4 is 34.2 Å². The Morgan fingerprint density at radius 1 is 1.33 bits per heavy atom. The molecule has 1 N–H and O–H groups in total. The minimum atomic E-state index is -0.453. The van der Waals surface area contributed by atoms with Crippen LogP contribution in [0.4, 0.5) is 5.69 Å². The predicted octanol–water partition coefficient (Wildman–Crippen LogP) is 4.03. The standard InChI is InChI=1S/C16H19ClN2O2/c1-16(2,3)21-14(20)8-10-18-13-7-6-12(17)11-5-4-9-19-15(11)13/h4-7,9,18H,8,10H2,1-3H3. The molecule has 21 heavy (non-hydrogen) atoms. The van der Waals surface area contributed by atoms with Crippen molar-refractivity contribution in [1.82, 2.24) is 4.98 Å². The number of benzene rings is 1. The molecule has 0 amide bonds. The number of rotatable bonds is 4. The summed E-state index contributed by atoms with van der Waals surface area (Å²) in [6.45, 7) is 6.06. The smallest absolute Gasteiger partial charge is 0.308 e. The highest BCUT2D eigenvalue weighted by Crippen LogP contribution is 2.27. The maximum atomic E-state index is 11.7. The molecular formula is C16H19ClN2O2. The van der Waals surface area contributed by atoms with E-state index in [1.54, 1.807) is 6.20 Å². The minimum absolute atomic E-state index is 0.221. The summed E-state index contributed by atoms with van der Waals surface area (Å²) in [4.78, 5) is 16.0. The van der Waals surface area contributed by atoms with Crippen LogP contribution in [0.25, 0.3) is 10.9 Å². The van der Waals surface area contributed by atoms with Crippen LogP contribution in [0.2, 0.25) is 5.02 Å². The fourth-order valence-corrected chi connectivity index (χ4v) is 2.19. The average Bonchev–Trinajstić information content (AvgIpc) is 2.40. The zero-order valence-corrected chi connectivity index (χ0v) is 13.2. The Hall–Kier alpha value is -1.81. The molecule has 4 nitrogen and oxygen atoms in total. The second-order valence-electron chi connectivity index (χ2n) is 5.76. The summed E-state index contributed by atoms with van der Waals surface area (Å²) in [5, 5.41) is 4.76. The van der Waals surface area contributed by atoms with Gasteiger partial charge >= 0.3 is 5.97 Å². The number of fused-ring (bicyclic) bond motifs is 1. The van der Waals surface area contributed by atoms with Gasteiger partial charge in [-0.05, 0) is 45.0 Å². The summed E-state index contributed by atoms with van der Waals surface area (Å²) in [7, 11) is 0. The predicted molar refractivity (Wildman–Crippen MR) is 85.7 cm³/mol. The topological polar surface area (TPSA) is 51.2 Å². The lowest BCUT2D eigenvalue weighted by Gasteiger charge is -2.19. The molecule has 1 heterocycles. The van der Waals surface area contributed by atoms with Crippen molar-refractivity contribution < 1.29 is 9.53 Å². The Morgan fingerprint density at radius 3 is 2.81 bits per heavy atom. The van der Waals surface area contributed by atoms with Gasteiger partial charge in [0, 0.05) is 18.1 Å². The van der Waals surface area contributed by atoms with Crippen molar-refractivity contribution in [2.24, 2.45) is 0 Å². The molecule has 0 bridgehead atoms. The third kappa shape index (κ3) is 4.33. The molecule has 0 saturated carbocycles. The number of hydrogen-bond donors (Lipinski definition) is 1. The number of pyridine rings is 1. The molecule has 0 aliphatic rings. The SMILES string of the molecule is CC(C)(C)OC(=O)CCNc1ccc(Cl)c2cccnc12. The van der Waals surface area contributed by atoms with Gasteiger partial charge in [-0.15, -0.1) is 0 Å². The summed E-state index contributed by atoms with van der Waals surface area (Å²) in [5.74, 6) is -0.221. The second kappa shape index (κ2) is 6.31. The second-order valence-corrected chi connectivity index (χ2v) is 6.16. The molecule has 1 aromatic carbocycles. The third-order valence-corrected chi connectivity index (χ3v) is 3.11. The van der Waals surface area contributed by atoms with Gasteiger partial charge in [0.2, 0.25) is 0 Å². The molecule has 0 fully saturated rings. The van der Waals surface area contributed by atoms with E-state index in [1.807, 2.05) is 45.0 Å². The molecule has 0 aliphatic carbocycles. The molecule has 0 radical (unpaired) electrons. The lowest BCUT2D eigenvalue weighted by molar-refractivity contribution is -0.154. The van der Waals surface area contributed by atoms with Crippen molar-refractivity contribution in [3.8, 4) is 0 Å². The van der Waals surface area contributed by atoms with E-state index in [0.717, 1.165) is 16.6 Å². The first-order valence-electron chi connectivity index (χ1n) is 6.86. The van der Waals surface area contributed by atoms with Crippen molar-refractivity contribution in [3.05, 3.63) is 35.5 Å². The number of nitrogens with one attached hydrogen (secondary N) is 1. The third-order valence-electron chi connectivity index (χ3n) is 2.78. The van der Waals surface area contributed by atoms with E-state index in [0.29, 0.717) is 18.0 Å². The molecule has 112 valence electrons. The summed E-state index contributed by atoms with van der Waals surface area (Å²) in [6, 6.07) is 7.45. The number of anilines is 1. The van der Waals surface area contributed by atoms with Crippen molar-refractivity contribution in [2.45, 2.75) is 32.8 Å². The van der Waals surface area contributed by atoms with E-state index in [-0.39, 0.29) is 5.97 Å². The summed E-state index contributed by atoms with van der Waals surface area (Å²) in [5.41, 5.74) is 1.21. The largest absolute Gasteiger partial charge is 0.460 e. The van der Waals surface area contributed by atoms with Gasteiger partial charge in [-0.25, -0.2) is 0 Å². The Bertz CT molecular complexity index is 650. The Balaban J connectivity index is 2.02. The van der Waals surface area contributed by atoms with E-state index in [9.17, 15) is 4.79 Å². The van der Waals surface area contributed by atoms with Crippen LogP contribution in [0, 0.1) is 0 Å². The first-order chi connectivity index (χ1) is 9.87. The number of halogens is 1. The highest BCUT2D eigenvalue weighted by molar-refractivity contribution is 6.35. The lowest BCUT2D eigenvalue weighted by atomic mass is 10.2. The summed E-state index contributed by atoms with van der Waals surface area (Å²) < 4.78 is 5.27. The van der Waals surface area contributed by atoms with Crippen LogP contribution in [-0.2, 0) is 9.53 Å². The fraction of sp³-hybridized carbons (Fsp3) is 0.375. The molecule has 2 aromatic rings. The summed E-state index contributed by atoms with van der Waals surface area (Å²) in [6.07, 6.45) is 2.02. The van der Waals surface area contributed by atoms with Crippen molar-refractivity contribution in [2.75, 3.05) is 11.9 Å². The van der Waals surface area contributed by atoms with Crippen LogP contribution in [0.15, 0.2) is 30.5 Å². The van der Waals surface area contributed by atoms with E-state index >= 15 is 0 Å². The number of nitrogens with zero attached hydrogens (tertiary/aromatic N) is 1. The van der Waals surface area contributed by atoms with E-state index in [2.05, 4.69) is 10.3 Å². The lowest BCUT2D eigenvalue weighted by Crippen LogP contribution is -2.25. The molecule has 0 saturated heterocycles. The molecule has 0 atom stereocenters. The normalized spacial score (nSPS) is 11.4. The van der Waals surface area contributed by atoms with Gasteiger partial charge in [0.15, 0.2) is 0 Å². The van der Waals surface area contributed by atoms with Gasteiger partial charge in [0.05, 0.1) is 22.6 Å². The number of carbonyl (C=O) groups excluding carboxylic acids is 1.